The van der Waals surface area contributed by atoms with Crippen molar-refractivity contribution in [3.63, 3.8) is 0 Å². The van der Waals surface area contributed by atoms with Gasteiger partial charge in [0.1, 0.15) is 23.7 Å². The Bertz CT molecular complexity index is 1300. The molecule has 8 N–H and O–H groups in total. The molecule has 0 fully saturated rings. The first-order valence-corrected chi connectivity index (χ1v) is 14.7. The van der Waals surface area contributed by atoms with Gasteiger partial charge in [-0.2, -0.15) is 0 Å². The molecule has 16 heteroatoms. The van der Waals surface area contributed by atoms with Gasteiger partial charge >= 0.3 is 12.1 Å². The van der Waals surface area contributed by atoms with Gasteiger partial charge in [-0.15, -0.1) is 0 Å². The van der Waals surface area contributed by atoms with E-state index in [1.54, 1.807) is 58.9 Å². The number of nitrogens with zero attached hydrogens (tertiary/aromatic N) is 1. The summed E-state index contributed by atoms with van der Waals surface area (Å²) in [5, 5.41) is 21.9. The van der Waals surface area contributed by atoms with Crippen LogP contribution < -0.4 is 32.3 Å². The summed E-state index contributed by atoms with van der Waals surface area (Å²) in [5.74, 6) is -4.33. The van der Waals surface area contributed by atoms with Gasteiger partial charge in [0.05, 0.1) is 13.2 Å². The van der Waals surface area contributed by atoms with E-state index < -0.39 is 77.8 Å². The Hall–Kier alpha value is -4.99. The molecule has 1 aliphatic rings. The van der Waals surface area contributed by atoms with Crippen LogP contribution in [0.5, 0.6) is 0 Å². The molecule has 0 aliphatic carbocycles. The zero-order valence-corrected chi connectivity index (χ0v) is 26.5. The summed E-state index contributed by atoms with van der Waals surface area (Å²) in [6.45, 7) is 7.62. The molecule has 0 saturated heterocycles. The first-order valence-electron chi connectivity index (χ1n) is 14.7. The van der Waals surface area contributed by atoms with E-state index in [9.17, 15) is 38.7 Å². The van der Waals surface area contributed by atoms with E-state index in [1.807, 2.05) is 0 Å². The number of aliphatic hydroxyl groups excluding tert-OH is 1. The molecular weight excluding hydrogens is 602 g/mol. The zero-order valence-electron chi connectivity index (χ0n) is 26.5. The number of hydrogen-bond donors (Lipinski definition) is 7. The number of imide groups is 1. The van der Waals surface area contributed by atoms with E-state index in [2.05, 4.69) is 26.6 Å². The summed E-state index contributed by atoms with van der Waals surface area (Å²) in [7, 11) is 0. The van der Waals surface area contributed by atoms with Crippen LogP contribution in [-0.4, -0.2) is 88.5 Å². The van der Waals surface area contributed by atoms with E-state index in [4.69, 9.17) is 10.5 Å². The number of carbonyl (C=O) groups is 7. The molecule has 8 amide bonds. The zero-order chi connectivity index (χ0) is 34.6. The molecule has 16 nitrogen and oxygen atoms in total. The van der Waals surface area contributed by atoms with Crippen molar-refractivity contribution in [1.82, 2.24) is 26.2 Å². The number of benzene rings is 1. The van der Waals surface area contributed by atoms with Crippen molar-refractivity contribution in [2.75, 3.05) is 18.4 Å². The number of nitrogens with one attached hydrogen (secondary N) is 5. The molecular formula is C30H43N7O9. The Morgan fingerprint density at radius 2 is 1.52 bits per heavy atom. The Labute approximate surface area is 266 Å². The number of hydrogen-bond acceptors (Lipinski definition) is 9. The summed E-state index contributed by atoms with van der Waals surface area (Å²) < 4.78 is 5.19. The van der Waals surface area contributed by atoms with Crippen LogP contribution in [0, 0.1) is 5.92 Å². The van der Waals surface area contributed by atoms with Crippen LogP contribution in [0.2, 0.25) is 0 Å². The summed E-state index contributed by atoms with van der Waals surface area (Å²) in [4.78, 5) is 89.2. The predicted molar refractivity (Wildman–Crippen MR) is 166 cm³/mol. The van der Waals surface area contributed by atoms with Crippen molar-refractivity contribution in [3.05, 3.63) is 42.0 Å². The molecule has 0 unspecified atom stereocenters. The standard InChI is InChI=1S/C30H43N7O9/c1-17(2)24(36-26(42)21(37-22(39)12-13-23(37)40)15-33-29(45)46-30(3,4)5)27(43)35-20(7-6-14-32-28(31)44)25(41)34-19-10-8-18(16-38)9-11-19/h8-13,17,20-21,24,38H,6-7,14-16H2,1-5H3,(H,33,45)(H,34,41)(H,35,43)(H,36,42)(H3,31,32,44)/t20-,21-,24-/m0/s1. The van der Waals surface area contributed by atoms with E-state index in [-0.39, 0.29) is 26.0 Å². The van der Waals surface area contributed by atoms with Gasteiger partial charge in [0.25, 0.3) is 11.8 Å². The highest BCUT2D eigenvalue weighted by Gasteiger charge is 2.39. The highest BCUT2D eigenvalue weighted by atomic mass is 16.6. The van der Waals surface area contributed by atoms with Crippen molar-refractivity contribution in [1.29, 1.82) is 0 Å². The summed E-state index contributed by atoms with van der Waals surface area (Å²) in [6.07, 6.45) is 1.41. The second kappa shape index (κ2) is 16.9. The van der Waals surface area contributed by atoms with Crippen molar-refractivity contribution in [3.8, 4) is 0 Å². The van der Waals surface area contributed by atoms with Gasteiger partial charge in [-0.25, -0.2) is 9.59 Å². The summed E-state index contributed by atoms with van der Waals surface area (Å²) in [6, 6.07) is 1.75. The Morgan fingerprint density at radius 3 is 2.04 bits per heavy atom. The Kier molecular flexibility index (Phi) is 13.7. The number of rotatable bonds is 15. The number of nitrogens with two attached hydrogens (primary N) is 1. The quantitative estimate of drug-likeness (QED) is 0.100. The number of primary amides is 1. The second-order valence-electron chi connectivity index (χ2n) is 11.8. The largest absolute Gasteiger partial charge is 0.444 e. The minimum atomic E-state index is -1.53. The molecule has 0 spiro atoms. The maximum atomic E-state index is 13.5. The first kappa shape index (κ1) is 37.2. The molecule has 252 valence electrons. The van der Waals surface area contributed by atoms with E-state index in [0.29, 0.717) is 16.2 Å². The third-order valence-corrected chi connectivity index (χ3v) is 6.55. The molecule has 0 saturated carbocycles. The van der Waals surface area contributed by atoms with Gasteiger partial charge in [-0.3, -0.25) is 28.9 Å². The SMILES string of the molecule is CC(C)[C@H](NC(=O)[C@H](CNC(=O)OC(C)(C)C)N1C(=O)C=CC1=O)C(=O)N[C@@H](CCCNC(N)=O)C(=O)Nc1ccc(CO)cc1. The molecule has 2 rings (SSSR count). The predicted octanol–water partition coefficient (Wildman–Crippen LogP) is 0.00980. The number of ether oxygens (including phenoxy) is 1. The number of amides is 8. The lowest BCUT2D eigenvalue weighted by molar-refractivity contribution is -0.146. The third-order valence-electron chi connectivity index (χ3n) is 6.55. The molecule has 1 aliphatic heterocycles. The Balaban J connectivity index is 2.23. The van der Waals surface area contributed by atoms with Crippen molar-refractivity contribution in [2.45, 2.75) is 77.8 Å². The number of anilines is 1. The molecule has 1 aromatic rings. The lowest BCUT2D eigenvalue weighted by atomic mass is 10.0. The van der Waals surface area contributed by atoms with Gasteiger partial charge in [-0.05, 0) is 57.2 Å². The molecule has 1 aromatic carbocycles. The average Bonchev–Trinajstić information content (AvgIpc) is 3.29. The first-order chi connectivity index (χ1) is 21.5. The summed E-state index contributed by atoms with van der Waals surface area (Å²) in [5.41, 5.74) is 5.28. The minimum absolute atomic E-state index is 0.0796. The van der Waals surface area contributed by atoms with Gasteiger partial charge in [0, 0.05) is 24.4 Å². The second-order valence-corrected chi connectivity index (χ2v) is 11.8. The topological polar surface area (TPSA) is 238 Å². The number of urea groups is 1. The molecule has 3 atom stereocenters. The smallest absolute Gasteiger partial charge is 0.407 e. The highest BCUT2D eigenvalue weighted by molar-refractivity contribution is 6.15. The minimum Gasteiger partial charge on any atom is -0.444 e. The van der Waals surface area contributed by atoms with E-state index in [0.717, 1.165) is 12.2 Å². The molecule has 0 radical (unpaired) electrons. The van der Waals surface area contributed by atoms with Crippen molar-refractivity contribution >= 4 is 47.3 Å². The number of alkyl carbamates (subject to hydrolysis) is 1. The number of aliphatic hydroxyl groups is 1. The van der Waals surface area contributed by atoms with E-state index >= 15 is 0 Å². The molecule has 0 bridgehead atoms. The van der Waals surface area contributed by atoms with Crippen LogP contribution in [0.1, 0.15) is 53.0 Å². The van der Waals surface area contributed by atoms with Crippen LogP contribution in [-0.2, 0) is 35.3 Å². The lowest BCUT2D eigenvalue weighted by Crippen LogP contribution is -2.60. The van der Waals surface area contributed by atoms with Gasteiger partial charge in [-0.1, -0.05) is 26.0 Å². The third kappa shape index (κ3) is 11.8. The molecule has 46 heavy (non-hydrogen) atoms. The van der Waals surface area contributed by atoms with Crippen LogP contribution in [0.25, 0.3) is 0 Å². The fourth-order valence-electron chi connectivity index (χ4n) is 4.27. The normalized spacial score (nSPS) is 14.7. The fraction of sp³-hybridized carbons (Fsp3) is 0.500. The van der Waals surface area contributed by atoms with Crippen LogP contribution in [0.4, 0.5) is 15.3 Å². The lowest BCUT2D eigenvalue weighted by Gasteiger charge is -2.30. The molecule has 0 aromatic heterocycles. The van der Waals surface area contributed by atoms with Crippen LogP contribution >= 0.6 is 0 Å². The van der Waals surface area contributed by atoms with Crippen LogP contribution in [0.15, 0.2) is 36.4 Å². The summed E-state index contributed by atoms with van der Waals surface area (Å²) >= 11 is 0. The van der Waals surface area contributed by atoms with Gasteiger partial charge < -0.3 is 42.2 Å². The molecule has 1 heterocycles. The number of carbonyl (C=O) groups excluding carboxylic acids is 7. The monoisotopic (exact) mass is 645 g/mol. The van der Waals surface area contributed by atoms with Gasteiger partial charge in [0.15, 0.2) is 0 Å². The fourth-order valence-corrected chi connectivity index (χ4v) is 4.27. The highest BCUT2D eigenvalue weighted by Crippen LogP contribution is 2.14. The van der Waals surface area contributed by atoms with E-state index in [1.165, 1.54) is 0 Å². The van der Waals surface area contributed by atoms with Crippen molar-refractivity contribution in [2.24, 2.45) is 11.7 Å². The Morgan fingerprint density at radius 1 is 0.913 bits per heavy atom. The maximum absolute atomic E-state index is 13.5. The van der Waals surface area contributed by atoms with Gasteiger partial charge in [0.2, 0.25) is 17.7 Å². The average molecular weight is 646 g/mol. The van der Waals surface area contributed by atoms with Crippen LogP contribution in [0.3, 0.4) is 0 Å². The van der Waals surface area contributed by atoms with Crippen molar-refractivity contribution < 1.29 is 43.4 Å². The maximum Gasteiger partial charge on any atom is 0.407 e.